The number of aliphatic hydroxyl groups is 1. The van der Waals surface area contributed by atoms with Gasteiger partial charge in [0.05, 0.1) is 5.69 Å². The second-order valence-electron chi connectivity index (χ2n) is 5.36. The molecule has 23 heavy (non-hydrogen) atoms. The molecular weight excluding hydrogens is 296 g/mol. The topological polar surface area (TPSA) is 72.8 Å². The molecular formula is C17H20N2O4. The van der Waals surface area contributed by atoms with Crippen LogP contribution in [-0.4, -0.2) is 36.1 Å². The Balaban J connectivity index is 1.44. The Morgan fingerprint density at radius 3 is 2.96 bits per heavy atom. The zero-order chi connectivity index (χ0) is 16.1. The number of nitrogens with zero attached hydrogens (tertiary/aromatic N) is 1. The normalized spacial score (nSPS) is 15.2. The van der Waals surface area contributed by atoms with Crippen LogP contribution in [0.3, 0.4) is 0 Å². The molecule has 2 aromatic rings. The minimum absolute atomic E-state index is 0.0661. The van der Waals surface area contributed by atoms with Crippen molar-refractivity contribution in [3.8, 4) is 17.2 Å². The van der Waals surface area contributed by atoms with Crippen molar-refractivity contribution >= 4 is 0 Å². The van der Waals surface area contributed by atoms with Crippen molar-refractivity contribution in [2.24, 2.45) is 0 Å². The Morgan fingerprint density at radius 2 is 2.13 bits per heavy atom. The van der Waals surface area contributed by atoms with Gasteiger partial charge in [-0.05, 0) is 31.2 Å². The molecule has 6 heteroatoms. The number of hydrogen-bond acceptors (Lipinski definition) is 6. The summed E-state index contributed by atoms with van der Waals surface area (Å²) in [5, 5.41) is 13.3. The van der Waals surface area contributed by atoms with Crippen LogP contribution in [-0.2, 0) is 0 Å². The molecule has 2 heterocycles. The highest BCUT2D eigenvalue weighted by Crippen LogP contribution is 2.35. The standard InChI is InChI=1S/C17H20N2O4/c1-12(15-4-2-3-7-18-15)19-9-13(20)10-21-14-5-6-16-17(8-14)23-11-22-16/h2-8,12-13,19-20H,9-11H2,1H3/t12-,13+/m1/s1. The summed E-state index contributed by atoms with van der Waals surface area (Å²) in [6.45, 7) is 2.86. The fraction of sp³-hybridized carbons (Fsp3) is 0.353. The SMILES string of the molecule is C[C@@H](NC[C@H](O)COc1ccc2c(c1)OCO2)c1ccccn1. The molecule has 6 nitrogen and oxygen atoms in total. The summed E-state index contributed by atoms with van der Waals surface area (Å²) in [4.78, 5) is 4.28. The molecule has 0 bridgehead atoms. The molecule has 0 saturated heterocycles. The first-order chi connectivity index (χ1) is 11.2. The van der Waals surface area contributed by atoms with E-state index in [0.29, 0.717) is 23.8 Å². The number of ether oxygens (including phenoxy) is 3. The lowest BCUT2D eigenvalue weighted by Gasteiger charge is -2.17. The van der Waals surface area contributed by atoms with Gasteiger partial charge >= 0.3 is 0 Å². The van der Waals surface area contributed by atoms with Crippen molar-refractivity contribution in [2.75, 3.05) is 19.9 Å². The Kier molecular flexibility index (Phi) is 4.95. The fourth-order valence-corrected chi connectivity index (χ4v) is 2.27. The van der Waals surface area contributed by atoms with Crippen molar-refractivity contribution in [2.45, 2.75) is 19.1 Å². The van der Waals surface area contributed by atoms with Crippen molar-refractivity contribution in [3.05, 3.63) is 48.3 Å². The number of benzene rings is 1. The summed E-state index contributed by atoms with van der Waals surface area (Å²) in [6.07, 6.45) is 1.14. The van der Waals surface area contributed by atoms with Crippen LogP contribution in [0.15, 0.2) is 42.6 Å². The van der Waals surface area contributed by atoms with Gasteiger partial charge in [-0.3, -0.25) is 4.98 Å². The van der Waals surface area contributed by atoms with Gasteiger partial charge in [-0.15, -0.1) is 0 Å². The molecule has 0 amide bonds. The Morgan fingerprint density at radius 1 is 1.26 bits per heavy atom. The maximum absolute atomic E-state index is 10.0. The first kappa shape index (κ1) is 15.6. The van der Waals surface area contributed by atoms with Crippen LogP contribution >= 0.6 is 0 Å². The first-order valence-corrected chi connectivity index (χ1v) is 7.57. The number of rotatable bonds is 7. The molecule has 1 aromatic carbocycles. The molecule has 1 aliphatic heterocycles. The lowest BCUT2D eigenvalue weighted by molar-refractivity contribution is 0.104. The first-order valence-electron chi connectivity index (χ1n) is 7.57. The third kappa shape index (κ3) is 4.12. The Hall–Kier alpha value is -2.31. The van der Waals surface area contributed by atoms with E-state index in [1.54, 1.807) is 24.4 Å². The lowest BCUT2D eigenvalue weighted by atomic mass is 10.2. The van der Waals surface area contributed by atoms with Crippen molar-refractivity contribution < 1.29 is 19.3 Å². The molecule has 0 saturated carbocycles. The zero-order valence-corrected chi connectivity index (χ0v) is 12.9. The van der Waals surface area contributed by atoms with Crippen LogP contribution in [0.2, 0.25) is 0 Å². The molecule has 2 N–H and O–H groups in total. The van der Waals surface area contributed by atoms with Crippen molar-refractivity contribution in [1.29, 1.82) is 0 Å². The van der Waals surface area contributed by atoms with E-state index >= 15 is 0 Å². The number of aromatic nitrogens is 1. The van der Waals surface area contributed by atoms with Gasteiger partial charge in [0.1, 0.15) is 18.5 Å². The third-order valence-electron chi connectivity index (χ3n) is 3.58. The summed E-state index contributed by atoms with van der Waals surface area (Å²) in [5.41, 5.74) is 0.941. The van der Waals surface area contributed by atoms with Crippen LogP contribution in [0.1, 0.15) is 18.7 Å². The van der Waals surface area contributed by atoms with Crippen LogP contribution in [0, 0.1) is 0 Å². The summed E-state index contributed by atoms with van der Waals surface area (Å²) >= 11 is 0. The van der Waals surface area contributed by atoms with Crippen LogP contribution in [0.4, 0.5) is 0 Å². The summed E-state index contributed by atoms with van der Waals surface area (Å²) < 4.78 is 16.1. The molecule has 0 fully saturated rings. The van der Waals surface area contributed by atoms with Gasteiger partial charge in [0, 0.05) is 24.8 Å². The van der Waals surface area contributed by atoms with Gasteiger partial charge in [0.15, 0.2) is 11.5 Å². The second kappa shape index (κ2) is 7.30. The molecule has 2 atom stereocenters. The average Bonchev–Trinajstić information content (AvgIpc) is 3.06. The van der Waals surface area contributed by atoms with E-state index in [1.807, 2.05) is 25.1 Å². The zero-order valence-electron chi connectivity index (χ0n) is 12.9. The number of fused-ring (bicyclic) bond motifs is 1. The maximum atomic E-state index is 10.0. The maximum Gasteiger partial charge on any atom is 0.231 e. The summed E-state index contributed by atoms with van der Waals surface area (Å²) in [5.74, 6) is 2.02. The quantitative estimate of drug-likeness (QED) is 0.813. The fourth-order valence-electron chi connectivity index (χ4n) is 2.27. The van der Waals surface area contributed by atoms with Gasteiger partial charge in [0.25, 0.3) is 0 Å². The highest BCUT2D eigenvalue weighted by molar-refractivity contribution is 5.46. The van der Waals surface area contributed by atoms with Gasteiger partial charge in [-0.25, -0.2) is 0 Å². The number of aliphatic hydroxyl groups excluding tert-OH is 1. The molecule has 122 valence electrons. The second-order valence-corrected chi connectivity index (χ2v) is 5.36. The average molecular weight is 316 g/mol. The summed E-state index contributed by atoms with van der Waals surface area (Å²) in [7, 11) is 0. The van der Waals surface area contributed by atoms with E-state index in [4.69, 9.17) is 14.2 Å². The van der Waals surface area contributed by atoms with Crippen LogP contribution in [0.25, 0.3) is 0 Å². The predicted molar refractivity (Wildman–Crippen MR) is 84.7 cm³/mol. The Labute approximate surface area is 135 Å². The molecule has 1 aromatic heterocycles. The van der Waals surface area contributed by atoms with Crippen LogP contribution in [0.5, 0.6) is 17.2 Å². The van der Waals surface area contributed by atoms with Crippen molar-refractivity contribution in [3.63, 3.8) is 0 Å². The molecule has 3 rings (SSSR count). The van der Waals surface area contributed by atoms with E-state index in [9.17, 15) is 5.11 Å². The molecule has 0 spiro atoms. The predicted octanol–water partition coefficient (Wildman–Crippen LogP) is 1.90. The minimum Gasteiger partial charge on any atom is -0.491 e. The largest absolute Gasteiger partial charge is 0.491 e. The van der Waals surface area contributed by atoms with E-state index < -0.39 is 6.10 Å². The monoisotopic (exact) mass is 316 g/mol. The number of pyridine rings is 1. The number of hydrogen-bond donors (Lipinski definition) is 2. The molecule has 0 radical (unpaired) electrons. The lowest BCUT2D eigenvalue weighted by Crippen LogP contribution is -2.33. The highest BCUT2D eigenvalue weighted by atomic mass is 16.7. The smallest absolute Gasteiger partial charge is 0.231 e. The molecule has 0 aliphatic carbocycles. The van der Waals surface area contributed by atoms with Gasteiger partial charge < -0.3 is 24.6 Å². The van der Waals surface area contributed by atoms with Crippen molar-refractivity contribution in [1.82, 2.24) is 10.3 Å². The molecule has 0 unspecified atom stereocenters. The Bertz CT molecular complexity index is 636. The molecule has 1 aliphatic rings. The number of nitrogens with one attached hydrogen (secondary N) is 1. The van der Waals surface area contributed by atoms with E-state index in [0.717, 1.165) is 5.69 Å². The van der Waals surface area contributed by atoms with Gasteiger partial charge in [0.2, 0.25) is 6.79 Å². The van der Waals surface area contributed by atoms with Gasteiger partial charge in [-0.2, -0.15) is 0 Å². The third-order valence-corrected chi connectivity index (χ3v) is 3.58. The van der Waals surface area contributed by atoms with E-state index in [1.165, 1.54) is 0 Å². The highest BCUT2D eigenvalue weighted by Gasteiger charge is 2.15. The summed E-state index contributed by atoms with van der Waals surface area (Å²) in [6, 6.07) is 11.2. The minimum atomic E-state index is -0.619. The van der Waals surface area contributed by atoms with E-state index in [2.05, 4.69) is 10.3 Å². The van der Waals surface area contributed by atoms with E-state index in [-0.39, 0.29) is 19.4 Å². The van der Waals surface area contributed by atoms with Crippen LogP contribution < -0.4 is 19.5 Å². The van der Waals surface area contributed by atoms with Gasteiger partial charge in [-0.1, -0.05) is 6.07 Å².